The molecule has 0 radical (unpaired) electrons. The first-order valence-corrected chi connectivity index (χ1v) is 9.56. The zero-order chi connectivity index (χ0) is 18.9. The van der Waals surface area contributed by atoms with E-state index in [1.165, 1.54) is 12.8 Å². The molecule has 0 aromatic heterocycles. The molecule has 2 aliphatic carbocycles. The Balaban J connectivity index is 0.000000378. The smallest absolute Gasteiger partial charge is 0.309 e. The van der Waals surface area contributed by atoms with Gasteiger partial charge in [-0.1, -0.05) is 12.8 Å². The van der Waals surface area contributed by atoms with Gasteiger partial charge in [-0.2, -0.15) is 0 Å². The van der Waals surface area contributed by atoms with Gasteiger partial charge in [0.05, 0.1) is 25.7 Å². The number of hydrogen-bond donors (Lipinski definition) is 1. The topological polar surface area (TPSA) is 82.1 Å². The maximum Gasteiger partial charge on any atom is 0.309 e. The molecule has 148 valence electrons. The van der Waals surface area contributed by atoms with Crippen LogP contribution in [0.4, 0.5) is 0 Å². The summed E-state index contributed by atoms with van der Waals surface area (Å²) in [6.07, 6.45) is 6.40. The maximum absolute atomic E-state index is 11.1. The van der Waals surface area contributed by atoms with Crippen LogP contribution in [0, 0.1) is 11.8 Å². The summed E-state index contributed by atoms with van der Waals surface area (Å²) < 4.78 is 14.8. The number of carbonyl (C=O) groups is 2. The Morgan fingerprint density at radius 2 is 1.44 bits per heavy atom. The molecule has 0 aromatic rings. The molecule has 0 saturated heterocycles. The molecule has 0 amide bonds. The quantitative estimate of drug-likeness (QED) is 0.376. The van der Waals surface area contributed by atoms with E-state index in [-0.39, 0.29) is 29.7 Å². The summed E-state index contributed by atoms with van der Waals surface area (Å²) in [6, 6.07) is 0. The summed E-state index contributed by atoms with van der Waals surface area (Å²) in [5.74, 6) is 0.356. The predicted molar refractivity (Wildman–Crippen MR) is 96.6 cm³/mol. The zero-order valence-electron chi connectivity index (χ0n) is 15.5. The Kier molecular flexibility index (Phi) is 16.3. The third-order valence-electron chi connectivity index (χ3n) is 3.98. The van der Waals surface area contributed by atoms with E-state index in [2.05, 4.69) is 0 Å². The highest BCUT2D eigenvalue weighted by Gasteiger charge is 2.26. The van der Waals surface area contributed by atoms with Crippen LogP contribution in [0.2, 0.25) is 0 Å². The minimum absolute atomic E-state index is 0.0408. The molecule has 0 spiro atoms. The van der Waals surface area contributed by atoms with E-state index in [4.69, 9.17) is 30.9 Å². The first kappa shape index (κ1) is 24.3. The number of hydrogen-bond acceptors (Lipinski definition) is 6. The molecule has 2 aliphatic rings. The van der Waals surface area contributed by atoms with E-state index >= 15 is 0 Å². The lowest BCUT2D eigenvalue weighted by Crippen LogP contribution is -2.25. The van der Waals surface area contributed by atoms with Crippen LogP contribution < -0.4 is 0 Å². The molecule has 1 N–H and O–H groups in total. The van der Waals surface area contributed by atoms with Crippen LogP contribution in [0.3, 0.4) is 0 Å². The Morgan fingerprint density at radius 3 is 1.72 bits per heavy atom. The van der Waals surface area contributed by atoms with Crippen LogP contribution in [-0.4, -0.2) is 56.0 Å². The van der Waals surface area contributed by atoms with E-state index in [1.54, 1.807) is 0 Å². The van der Waals surface area contributed by atoms with Gasteiger partial charge in [0.1, 0.15) is 6.61 Å². The molecule has 0 aromatic carbocycles. The SMILES string of the molecule is CCOCCO.CCOCCOC(=O)C1CCC1.O=C(Cl)C1CCC1. The number of carbonyl (C=O) groups excluding carboxylic acids is 2. The normalized spacial score (nSPS) is 16.3. The number of aliphatic hydroxyl groups excluding tert-OH is 1. The third kappa shape index (κ3) is 13.2. The molecule has 0 unspecified atom stereocenters. The summed E-state index contributed by atoms with van der Waals surface area (Å²) in [6.45, 7) is 6.73. The van der Waals surface area contributed by atoms with Gasteiger partial charge >= 0.3 is 5.97 Å². The zero-order valence-corrected chi connectivity index (χ0v) is 16.3. The van der Waals surface area contributed by atoms with Gasteiger partial charge in [-0.3, -0.25) is 9.59 Å². The van der Waals surface area contributed by atoms with Gasteiger partial charge in [-0.15, -0.1) is 0 Å². The van der Waals surface area contributed by atoms with Gasteiger partial charge in [0.15, 0.2) is 0 Å². The van der Waals surface area contributed by atoms with Crippen molar-refractivity contribution in [2.45, 2.75) is 52.4 Å². The summed E-state index contributed by atoms with van der Waals surface area (Å²) in [4.78, 5) is 21.3. The molecule has 0 bridgehead atoms. The molecule has 2 fully saturated rings. The molecule has 0 aliphatic heterocycles. The Bertz CT molecular complexity index is 338. The van der Waals surface area contributed by atoms with E-state index in [9.17, 15) is 9.59 Å². The van der Waals surface area contributed by atoms with Gasteiger partial charge in [0.25, 0.3) is 0 Å². The molecule has 2 rings (SSSR count). The Hall–Kier alpha value is -0.690. The Morgan fingerprint density at radius 1 is 0.920 bits per heavy atom. The van der Waals surface area contributed by atoms with Crippen molar-refractivity contribution in [2.75, 3.05) is 39.6 Å². The van der Waals surface area contributed by atoms with Crippen LogP contribution in [0.25, 0.3) is 0 Å². The van der Waals surface area contributed by atoms with Crippen molar-refractivity contribution < 1.29 is 28.9 Å². The number of esters is 1. The van der Waals surface area contributed by atoms with Crippen LogP contribution in [0.1, 0.15) is 52.4 Å². The van der Waals surface area contributed by atoms with Gasteiger partial charge in [-0.05, 0) is 51.1 Å². The van der Waals surface area contributed by atoms with Gasteiger partial charge in [0.2, 0.25) is 5.24 Å². The second-order valence-electron chi connectivity index (χ2n) is 5.84. The molecular weight excluding hydrogens is 348 g/mol. The van der Waals surface area contributed by atoms with Crippen LogP contribution in [0.15, 0.2) is 0 Å². The minimum Gasteiger partial charge on any atom is -0.463 e. The minimum atomic E-state index is -0.147. The maximum atomic E-state index is 11.1. The average molecular weight is 381 g/mol. The second kappa shape index (κ2) is 16.8. The fourth-order valence-electron chi connectivity index (χ4n) is 1.95. The fourth-order valence-corrected chi connectivity index (χ4v) is 2.17. The van der Waals surface area contributed by atoms with Crippen molar-refractivity contribution in [2.24, 2.45) is 11.8 Å². The van der Waals surface area contributed by atoms with Gasteiger partial charge in [-0.25, -0.2) is 0 Å². The van der Waals surface area contributed by atoms with E-state index in [1.807, 2.05) is 13.8 Å². The van der Waals surface area contributed by atoms with Gasteiger partial charge < -0.3 is 19.3 Å². The highest BCUT2D eigenvalue weighted by molar-refractivity contribution is 6.64. The van der Waals surface area contributed by atoms with Crippen LogP contribution in [0.5, 0.6) is 0 Å². The largest absolute Gasteiger partial charge is 0.463 e. The lowest BCUT2D eigenvalue weighted by Gasteiger charge is -2.22. The highest BCUT2D eigenvalue weighted by Crippen LogP contribution is 2.28. The van der Waals surface area contributed by atoms with E-state index < -0.39 is 0 Å². The first-order valence-electron chi connectivity index (χ1n) is 9.19. The van der Waals surface area contributed by atoms with Crippen LogP contribution in [-0.2, 0) is 23.8 Å². The van der Waals surface area contributed by atoms with E-state index in [0.717, 1.165) is 25.7 Å². The summed E-state index contributed by atoms with van der Waals surface area (Å²) in [5.41, 5.74) is 0. The number of halogens is 1. The van der Waals surface area contributed by atoms with Crippen molar-refractivity contribution >= 4 is 22.8 Å². The molecule has 7 heteroatoms. The summed E-state index contributed by atoms with van der Waals surface area (Å²) in [7, 11) is 0. The van der Waals surface area contributed by atoms with Crippen molar-refractivity contribution in [3.63, 3.8) is 0 Å². The second-order valence-corrected chi connectivity index (χ2v) is 6.22. The van der Waals surface area contributed by atoms with Crippen molar-refractivity contribution in [3.05, 3.63) is 0 Å². The molecule has 2 saturated carbocycles. The molecular formula is C18H33ClO6. The highest BCUT2D eigenvalue weighted by atomic mass is 35.5. The molecule has 0 atom stereocenters. The van der Waals surface area contributed by atoms with Crippen LogP contribution >= 0.6 is 11.6 Å². The molecule has 6 nitrogen and oxygen atoms in total. The molecule has 0 heterocycles. The lowest BCUT2D eigenvalue weighted by atomic mass is 9.86. The number of rotatable bonds is 9. The van der Waals surface area contributed by atoms with Crippen molar-refractivity contribution in [3.8, 4) is 0 Å². The van der Waals surface area contributed by atoms with Crippen molar-refractivity contribution in [1.82, 2.24) is 0 Å². The van der Waals surface area contributed by atoms with Gasteiger partial charge in [0, 0.05) is 19.1 Å². The first-order chi connectivity index (χ1) is 12.1. The third-order valence-corrected chi connectivity index (χ3v) is 4.29. The fraction of sp³-hybridized carbons (Fsp3) is 0.889. The summed E-state index contributed by atoms with van der Waals surface area (Å²) in [5, 5.41) is 7.93. The van der Waals surface area contributed by atoms with E-state index in [0.29, 0.717) is 33.0 Å². The predicted octanol–water partition coefficient (Wildman–Crippen LogP) is 2.93. The molecule has 25 heavy (non-hydrogen) atoms. The Labute approximate surface area is 156 Å². The standard InChI is InChI=1S/C9H16O3.C5H7ClO.C4H10O2/c1-2-11-6-7-12-9(10)8-4-3-5-8;6-5(7)4-2-1-3-4;1-2-6-4-3-5/h8H,2-7H2,1H3;4H,1-3H2;5H,2-4H2,1H3. The summed E-state index contributed by atoms with van der Waals surface area (Å²) >= 11 is 5.14. The lowest BCUT2D eigenvalue weighted by molar-refractivity contribution is -0.152. The average Bonchev–Trinajstić information content (AvgIpc) is 2.47. The monoisotopic (exact) mass is 380 g/mol. The number of ether oxygens (including phenoxy) is 3. The van der Waals surface area contributed by atoms with Crippen molar-refractivity contribution in [1.29, 1.82) is 0 Å². The number of aliphatic hydroxyl groups is 1.